The van der Waals surface area contributed by atoms with E-state index in [1.807, 2.05) is 0 Å². The first-order chi connectivity index (χ1) is 14.4. The summed E-state index contributed by atoms with van der Waals surface area (Å²) >= 11 is 5.96. The lowest BCUT2D eigenvalue weighted by Crippen LogP contribution is -2.26. The van der Waals surface area contributed by atoms with Crippen molar-refractivity contribution in [2.45, 2.75) is 19.8 Å². The zero-order valence-corrected chi connectivity index (χ0v) is 16.7. The van der Waals surface area contributed by atoms with Gasteiger partial charge in [0.05, 0.1) is 12.1 Å². The number of benzene rings is 1. The molecule has 0 aliphatic carbocycles. The van der Waals surface area contributed by atoms with Gasteiger partial charge in [-0.15, -0.1) is 0 Å². The van der Waals surface area contributed by atoms with E-state index in [9.17, 15) is 18.4 Å². The zero-order chi connectivity index (χ0) is 21.7. The van der Waals surface area contributed by atoms with E-state index in [-0.39, 0.29) is 41.2 Å². The Kier molecular flexibility index (Phi) is 6.68. The molecule has 0 unspecified atom stereocenters. The lowest BCUT2D eigenvalue weighted by molar-refractivity contribution is -0.117. The molecule has 0 spiro atoms. The van der Waals surface area contributed by atoms with E-state index in [1.54, 1.807) is 13.0 Å². The molecular weight excluding hydrogens is 414 g/mol. The molecule has 0 bridgehead atoms. The Bertz CT molecular complexity index is 1090. The van der Waals surface area contributed by atoms with E-state index < -0.39 is 11.8 Å². The fraction of sp³-hybridized carbons (Fsp3) is 0.143. The molecule has 0 aliphatic rings. The number of halogens is 3. The number of carbonyl (C=O) groups excluding carboxylic acids is 2. The second-order valence-corrected chi connectivity index (χ2v) is 6.69. The minimum absolute atomic E-state index is 0.0655. The first kappa shape index (κ1) is 21.3. The van der Waals surface area contributed by atoms with Crippen LogP contribution < -0.4 is 10.2 Å². The molecule has 1 N–H and O–H groups in total. The maximum atomic E-state index is 13.6. The lowest BCUT2D eigenvalue weighted by atomic mass is 10.1. The maximum absolute atomic E-state index is 13.6. The van der Waals surface area contributed by atoms with Crippen LogP contribution in [0.2, 0.25) is 5.02 Å². The Morgan fingerprint density at radius 3 is 2.53 bits per heavy atom. The smallest absolute Gasteiger partial charge is 0.232 e. The van der Waals surface area contributed by atoms with Crippen LogP contribution in [0.5, 0.6) is 0 Å². The average molecular weight is 431 g/mol. The van der Waals surface area contributed by atoms with Gasteiger partial charge in [0.1, 0.15) is 11.6 Å². The van der Waals surface area contributed by atoms with Crippen LogP contribution in [0.1, 0.15) is 18.9 Å². The maximum Gasteiger partial charge on any atom is 0.232 e. The molecule has 0 saturated heterocycles. The van der Waals surface area contributed by atoms with Crippen molar-refractivity contribution in [3.8, 4) is 0 Å². The standard InChI is InChI=1S/C21H17ClF2N4O2/c1-2-21(30)28(16-6-8-25-18(24)12-16)19-11-15(5-7-26-19)27-20(29)9-13-3-4-14(23)10-17(13)22/h3-8,10-12H,2,9H2,1H3,(H,26,27,29). The molecule has 3 aromatic rings. The van der Waals surface area contributed by atoms with Crippen LogP contribution in [-0.4, -0.2) is 21.8 Å². The Morgan fingerprint density at radius 2 is 1.83 bits per heavy atom. The van der Waals surface area contributed by atoms with Gasteiger partial charge < -0.3 is 5.32 Å². The molecule has 3 rings (SSSR count). The van der Waals surface area contributed by atoms with Crippen molar-refractivity contribution in [3.05, 3.63) is 77.2 Å². The third-order valence-corrected chi connectivity index (χ3v) is 4.50. The van der Waals surface area contributed by atoms with Gasteiger partial charge in [-0.05, 0) is 29.8 Å². The quantitative estimate of drug-likeness (QED) is 0.577. The third-order valence-electron chi connectivity index (χ3n) is 4.14. The van der Waals surface area contributed by atoms with Gasteiger partial charge in [0.2, 0.25) is 17.8 Å². The molecule has 0 radical (unpaired) electrons. The lowest BCUT2D eigenvalue weighted by Gasteiger charge is -2.21. The van der Waals surface area contributed by atoms with Gasteiger partial charge in [-0.1, -0.05) is 24.6 Å². The van der Waals surface area contributed by atoms with Crippen LogP contribution >= 0.6 is 11.6 Å². The van der Waals surface area contributed by atoms with Crippen molar-refractivity contribution >= 4 is 40.6 Å². The number of amides is 2. The first-order valence-electron chi connectivity index (χ1n) is 9.01. The highest BCUT2D eigenvalue weighted by molar-refractivity contribution is 6.31. The predicted octanol–water partition coefficient (Wildman–Crippen LogP) is 4.66. The summed E-state index contributed by atoms with van der Waals surface area (Å²) in [6.07, 6.45) is 2.76. The number of aromatic nitrogens is 2. The van der Waals surface area contributed by atoms with Crippen LogP contribution in [0.15, 0.2) is 54.9 Å². The van der Waals surface area contributed by atoms with Gasteiger partial charge >= 0.3 is 0 Å². The summed E-state index contributed by atoms with van der Waals surface area (Å²) in [7, 11) is 0. The second kappa shape index (κ2) is 9.41. The summed E-state index contributed by atoms with van der Waals surface area (Å²) < 4.78 is 26.7. The molecule has 154 valence electrons. The van der Waals surface area contributed by atoms with E-state index in [1.165, 1.54) is 41.6 Å². The fourth-order valence-corrected chi connectivity index (χ4v) is 2.99. The number of nitrogens with zero attached hydrogens (tertiary/aromatic N) is 3. The predicted molar refractivity (Wildman–Crippen MR) is 110 cm³/mol. The summed E-state index contributed by atoms with van der Waals surface area (Å²) in [6.45, 7) is 1.67. The van der Waals surface area contributed by atoms with Crippen LogP contribution in [0.25, 0.3) is 0 Å². The van der Waals surface area contributed by atoms with Gasteiger partial charge in [-0.3, -0.25) is 14.5 Å². The molecule has 2 aromatic heterocycles. The summed E-state index contributed by atoms with van der Waals surface area (Å²) in [6, 6.07) is 9.45. The normalized spacial score (nSPS) is 10.5. The summed E-state index contributed by atoms with van der Waals surface area (Å²) in [5.41, 5.74) is 1.12. The van der Waals surface area contributed by atoms with E-state index in [4.69, 9.17) is 11.6 Å². The van der Waals surface area contributed by atoms with Crippen LogP contribution in [0, 0.1) is 11.8 Å². The molecule has 9 heteroatoms. The fourth-order valence-electron chi connectivity index (χ4n) is 2.76. The van der Waals surface area contributed by atoms with Gasteiger partial charge in [-0.25, -0.2) is 14.4 Å². The van der Waals surface area contributed by atoms with Gasteiger partial charge in [-0.2, -0.15) is 4.39 Å². The summed E-state index contributed by atoms with van der Waals surface area (Å²) in [5, 5.41) is 2.84. The second-order valence-electron chi connectivity index (χ2n) is 6.28. The SMILES string of the molecule is CCC(=O)N(c1ccnc(F)c1)c1cc(NC(=O)Cc2ccc(F)cc2Cl)ccn1. The molecule has 0 atom stereocenters. The molecule has 0 saturated carbocycles. The van der Waals surface area contributed by atoms with Crippen molar-refractivity contribution in [2.75, 3.05) is 10.2 Å². The molecular formula is C21H17ClF2N4O2. The largest absolute Gasteiger partial charge is 0.326 e. The Morgan fingerprint density at radius 1 is 1.07 bits per heavy atom. The van der Waals surface area contributed by atoms with Crippen LogP contribution in [0.3, 0.4) is 0 Å². The highest BCUT2D eigenvalue weighted by atomic mass is 35.5. The van der Waals surface area contributed by atoms with Crippen molar-refractivity contribution in [3.63, 3.8) is 0 Å². The molecule has 30 heavy (non-hydrogen) atoms. The van der Waals surface area contributed by atoms with E-state index in [2.05, 4.69) is 15.3 Å². The van der Waals surface area contributed by atoms with Crippen LogP contribution in [-0.2, 0) is 16.0 Å². The van der Waals surface area contributed by atoms with Gasteiger partial charge in [0.15, 0.2) is 0 Å². The minimum atomic E-state index is -0.734. The molecule has 2 heterocycles. The number of anilines is 3. The average Bonchev–Trinajstić information content (AvgIpc) is 2.70. The number of nitrogens with one attached hydrogen (secondary N) is 1. The highest BCUT2D eigenvalue weighted by Gasteiger charge is 2.19. The molecule has 0 aliphatic heterocycles. The topological polar surface area (TPSA) is 75.2 Å². The number of hydrogen-bond acceptors (Lipinski definition) is 4. The monoisotopic (exact) mass is 430 g/mol. The van der Waals surface area contributed by atoms with Crippen LogP contribution in [0.4, 0.5) is 26.0 Å². The van der Waals surface area contributed by atoms with Crippen molar-refractivity contribution in [1.29, 1.82) is 0 Å². The molecule has 0 fully saturated rings. The van der Waals surface area contributed by atoms with E-state index in [0.29, 0.717) is 11.3 Å². The summed E-state index contributed by atoms with van der Waals surface area (Å²) in [4.78, 5) is 33.8. The van der Waals surface area contributed by atoms with Crippen molar-refractivity contribution in [1.82, 2.24) is 9.97 Å². The number of hydrogen-bond donors (Lipinski definition) is 1. The van der Waals surface area contributed by atoms with Gasteiger partial charge in [0, 0.05) is 41.7 Å². The van der Waals surface area contributed by atoms with E-state index >= 15 is 0 Å². The van der Waals surface area contributed by atoms with E-state index in [0.717, 1.165) is 12.1 Å². The number of rotatable bonds is 6. The Labute approximate surface area is 176 Å². The number of carbonyl (C=O) groups is 2. The Hall–Kier alpha value is -3.39. The number of pyridine rings is 2. The summed E-state index contributed by atoms with van der Waals surface area (Å²) in [5.74, 6) is -1.71. The van der Waals surface area contributed by atoms with Crippen molar-refractivity contribution < 1.29 is 18.4 Å². The first-order valence-corrected chi connectivity index (χ1v) is 9.39. The van der Waals surface area contributed by atoms with Gasteiger partial charge in [0.25, 0.3) is 0 Å². The molecule has 1 aromatic carbocycles. The molecule has 2 amide bonds. The molecule has 6 nitrogen and oxygen atoms in total. The zero-order valence-electron chi connectivity index (χ0n) is 15.9. The minimum Gasteiger partial charge on any atom is -0.326 e. The Balaban J connectivity index is 1.83. The van der Waals surface area contributed by atoms with Crippen molar-refractivity contribution in [2.24, 2.45) is 0 Å². The third kappa shape index (κ3) is 5.15. The highest BCUT2D eigenvalue weighted by Crippen LogP contribution is 2.27.